The summed E-state index contributed by atoms with van der Waals surface area (Å²) in [6, 6.07) is 24.9. The highest BCUT2D eigenvalue weighted by Crippen LogP contribution is 2.22. The van der Waals surface area contributed by atoms with Crippen molar-refractivity contribution in [3.05, 3.63) is 90.2 Å². The third-order valence-corrected chi connectivity index (χ3v) is 5.34. The SMILES string of the molecule is O=C(CSc1nncn1-c1cccc(Cl)c1)Nc1ccc(Nc2ccccc2)cc1. The highest BCUT2D eigenvalue weighted by Gasteiger charge is 2.11. The Morgan fingerprint density at radius 1 is 0.933 bits per heavy atom. The van der Waals surface area contributed by atoms with Crippen molar-refractivity contribution in [2.24, 2.45) is 0 Å². The summed E-state index contributed by atoms with van der Waals surface area (Å²) < 4.78 is 1.80. The monoisotopic (exact) mass is 435 g/mol. The van der Waals surface area contributed by atoms with E-state index >= 15 is 0 Å². The summed E-state index contributed by atoms with van der Waals surface area (Å²) in [5.74, 6) is 0.0907. The van der Waals surface area contributed by atoms with Crippen molar-refractivity contribution in [2.75, 3.05) is 16.4 Å². The van der Waals surface area contributed by atoms with Crippen molar-refractivity contribution < 1.29 is 4.79 Å². The summed E-state index contributed by atoms with van der Waals surface area (Å²) in [5, 5.41) is 15.5. The minimum absolute atomic E-state index is 0.121. The van der Waals surface area contributed by atoms with E-state index in [4.69, 9.17) is 11.6 Å². The summed E-state index contributed by atoms with van der Waals surface area (Å²) in [7, 11) is 0. The molecule has 8 heteroatoms. The number of carbonyl (C=O) groups excluding carboxylic acids is 1. The zero-order valence-electron chi connectivity index (χ0n) is 15.8. The van der Waals surface area contributed by atoms with Gasteiger partial charge in [-0.25, -0.2) is 0 Å². The number of aromatic nitrogens is 3. The number of carbonyl (C=O) groups is 1. The second-order valence-corrected chi connectivity index (χ2v) is 7.75. The standard InChI is InChI=1S/C22H18ClN5OS/c23-16-5-4-8-20(13-16)28-15-24-27-22(28)30-14-21(29)26-19-11-9-18(10-12-19)25-17-6-2-1-3-7-17/h1-13,15,25H,14H2,(H,26,29). The van der Waals surface area contributed by atoms with Crippen molar-refractivity contribution in [1.29, 1.82) is 0 Å². The van der Waals surface area contributed by atoms with Gasteiger partial charge in [-0.15, -0.1) is 10.2 Å². The minimum atomic E-state index is -0.121. The zero-order valence-corrected chi connectivity index (χ0v) is 17.4. The molecule has 0 fully saturated rings. The van der Waals surface area contributed by atoms with E-state index in [0.717, 1.165) is 22.7 Å². The highest BCUT2D eigenvalue weighted by molar-refractivity contribution is 7.99. The average Bonchev–Trinajstić information content (AvgIpc) is 3.23. The molecule has 30 heavy (non-hydrogen) atoms. The van der Waals surface area contributed by atoms with Crippen molar-refractivity contribution in [3.8, 4) is 5.69 Å². The molecule has 0 aliphatic rings. The first-order valence-corrected chi connectivity index (χ1v) is 10.5. The molecule has 0 aliphatic carbocycles. The number of nitrogens with zero attached hydrogens (tertiary/aromatic N) is 3. The third kappa shape index (κ3) is 5.20. The Balaban J connectivity index is 1.33. The largest absolute Gasteiger partial charge is 0.356 e. The molecule has 1 amide bonds. The number of nitrogens with one attached hydrogen (secondary N) is 2. The second kappa shape index (κ2) is 9.47. The molecule has 4 rings (SSSR count). The van der Waals surface area contributed by atoms with Crippen LogP contribution < -0.4 is 10.6 Å². The fourth-order valence-electron chi connectivity index (χ4n) is 2.78. The molecule has 0 aliphatic heterocycles. The molecule has 1 heterocycles. The molecule has 3 aromatic carbocycles. The van der Waals surface area contributed by atoms with Gasteiger partial charge in [-0.1, -0.05) is 47.6 Å². The van der Waals surface area contributed by atoms with Crippen molar-refractivity contribution in [2.45, 2.75) is 5.16 Å². The number of amides is 1. The van der Waals surface area contributed by atoms with E-state index in [1.807, 2.05) is 72.8 Å². The first-order valence-electron chi connectivity index (χ1n) is 9.18. The Hall–Kier alpha value is -3.29. The first-order chi connectivity index (χ1) is 14.7. The van der Waals surface area contributed by atoms with E-state index in [1.54, 1.807) is 17.0 Å². The Morgan fingerprint density at radius 2 is 1.67 bits per heavy atom. The topological polar surface area (TPSA) is 71.8 Å². The van der Waals surface area contributed by atoms with Crippen LogP contribution in [0.25, 0.3) is 5.69 Å². The Labute approximate surface area is 183 Å². The molecule has 2 N–H and O–H groups in total. The quantitative estimate of drug-likeness (QED) is 0.380. The predicted molar refractivity (Wildman–Crippen MR) is 122 cm³/mol. The van der Waals surface area contributed by atoms with Crippen LogP contribution in [0.3, 0.4) is 0 Å². The smallest absolute Gasteiger partial charge is 0.234 e. The third-order valence-electron chi connectivity index (χ3n) is 4.17. The number of hydrogen-bond donors (Lipinski definition) is 2. The molecule has 1 aromatic heterocycles. The molecular weight excluding hydrogens is 418 g/mol. The van der Waals surface area contributed by atoms with Gasteiger partial charge in [0.05, 0.1) is 11.4 Å². The predicted octanol–water partition coefficient (Wildman–Crippen LogP) is 5.40. The van der Waals surface area contributed by atoms with Gasteiger partial charge in [0.2, 0.25) is 5.91 Å². The lowest BCUT2D eigenvalue weighted by molar-refractivity contribution is -0.113. The Bertz CT molecular complexity index is 1130. The average molecular weight is 436 g/mol. The number of benzene rings is 3. The number of anilines is 3. The fourth-order valence-corrected chi connectivity index (χ4v) is 3.69. The molecule has 0 spiro atoms. The number of thioether (sulfide) groups is 1. The van der Waals surface area contributed by atoms with Crippen molar-refractivity contribution in [3.63, 3.8) is 0 Å². The Morgan fingerprint density at radius 3 is 2.43 bits per heavy atom. The lowest BCUT2D eigenvalue weighted by Gasteiger charge is -2.09. The summed E-state index contributed by atoms with van der Waals surface area (Å²) in [6.07, 6.45) is 1.60. The van der Waals surface area contributed by atoms with E-state index < -0.39 is 0 Å². The van der Waals surface area contributed by atoms with E-state index in [0.29, 0.717) is 10.2 Å². The number of para-hydroxylation sites is 1. The van der Waals surface area contributed by atoms with Gasteiger partial charge in [0.15, 0.2) is 5.16 Å². The van der Waals surface area contributed by atoms with Gasteiger partial charge < -0.3 is 10.6 Å². The van der Waals surface area contributed by atoms with Gasteiger partial charge in [-0.2, -0.15) is 0 Å². The molecule has 0 radical (unpaired) electrons. The van der Waals surface area contributed by atoms with Gasteiger partial charge in [-0.05, 0) is 54.6 Å². The van der Waals surface area contributed by atoms with Crippen LogP contribution in [0.5, 0.6) is 0 Å². The first kappa shape index (κ1) is 20.0. The normalized spacial score (nSPS) is 10.6. The maximum Gasteiger partial charge on any atom is 0.234 e. The van der Waals surface area contributed by atoms with E-state index in [-0.39, 0.29) is 11.7 Å². The Kier molecular flexibility index (Phi) is 6.32. The van der Waals surface area contributed by atoms with Crippen LogP contribution in [0.2, 0.25) is 5.02 Å². The van der Waals surface area contributed by atoms with Crippen molar-refractivity contribution >= 4 is 46.3 Å². The maximum absolute atomic E-state index is 12.4. The molecule has 4 aromatic rings. The molecule has 0 unspecified atom stereocenters. The number of rotatable bonds is 7. The maximum atomic E-state index is 12.4. The molecule has 0 bridgehead atoms. The molecule has 0 saturated heterocycles. The minimum Gasteiger partial charge on any atom is -0.356 e. The molecule has 0 atom stereocenters. The lowest BCUT2D eigenvalue weighted by atomic mass is 10.2. The molecule has 6 nitrogen and oxygen atoms in total. The van der Waals surface area contributed by atoms with Crippen LogP contribution in [-0.4, -0.2) is 26.4 Å². The summed E-state index contributed by atoms with van der Waals surface area (Å²) in [4.78, 5) is 12.4. The van der Waals surface area contributed by atoms with Crippen LogP contribution in [0.4, 0.5) is 17.1 Å². The van der Waals surface area contributed by atoms with Crippen LogP contribution >= 0.6 is 23.4 Å². The van der Waals surface area contributed by atoms with Gasteiger partial charge in [0.1, 0.15) is 6.33 Å². The molecular formula is C22H18ClN5OS. The summed E-state index contributed by atoms with van der Waals surface area (Å²) in [6.45, 7) is 0. The van der Waals surface area contributed by atoms with Crippen LogP contribution in [0, 0.1) is 0 Å². The van der Waals surface area contributed by atoms with Crippen LogP contribution in [0.1, 0.15) is 0 Å². The zero-order chi connectivity index (χ0) is 20.8. The number of halogens is 1. The van der Waals surface area contributed by atoms with Crippen LogP contribution in [0.15, 0.2) is 90.3 Å². The van der Waals surface area contributed by atoms with Gasteiger partial charge in [-0.3, -0.25) is 9.36 Å². The van der Waals surface area contributed by atoms with Crippen molar-refractivity contribution in [1.82, 2.24) is 14.8 Å². The number of hydrogen-bond acceptors (Lipinski definition) is 5. The molecule has 0 saturated carbocycles. The highest BCUT2D eigenvalue weighted by atomic mass is 35.5. The van der Waals surface area contributed by atoms with E-state index in [1.165, 1.54) is 11.8 Å². The summed E-state index contributed by atoms with van der Waals surface area (Å²) in [5.41, 5.74) is 3.53. The van der Waals surface area contributed by atoms with Gasteiger partial charge >= 0.3 is 0 Å². The van der Waals surface area contributed by atoms with Gasteiger partial charge in [0.25, 0.3) is 0 Å². The summed E-state index contributed by atoms with van der Waals surface area (Å²) >= 11 is 7.37. The lowest BCUT2D eigenvalue weighted by Crippen LogP contribution is -2.14. The van der Waals surface area contributed by atoms with E-state index in [9.17, 15) is 4.79 Å². The van der Waals surface area contributed by atoms with Crippen LogP contribution in [-0.2, 0) is 4.79 Å². The van der Waals surface area contributed by atoms with E-state index in [2.05, 4.69) is 20.8 Å². The van der Waals surface area contributed by atoms with Gasteiger partial charge in [0, 0.05) is 22.1 Å². The second-order valence-electron chi connectivity index (χ2n) is 6.37. The fraction of sp³-hybridized carbons (Fsp3) is 0.0455. The molecule has 150 valence electrons.